The van der Waals surface area contributed by atoms with Crippen LogP contribution < -0.4 is 4.72 Å². The highest BCUT2D eigenvalue weighted by atomic mass is 32.2. The molecule has 0 aromatic heterocycles. The number of benzene rings is 1. The Kier molecular flexibility index (Phi) is 7.56. The molecule has 0 spiro atoms. The predicted molar refractivity (Wildman–Crippen MR) is 78.2 cm³/mol. The van der Waals surface area contributed by atoms with Crippen molar-refractivity contribution >= 4 is 11.0 Å². The predicted octanol–water partition coefficient (Wildman–Crippen LogP) is 3.42. The summed E-state index contributed by atoms with van der Waals surface area (Å²) in [5.41, 5.74) is -1.42. The lowest BCUT2D eigenvalue weighted by Crippen LogP contribution is -2.43. The van der Waals surface area contributed by atoms with Crippen LogP contribution in [0.5, 0.6) is 0 Å². The van der Waals surface area contributed by atoms with Gasteiger partial charge in [-0.25, -0.2) is 8.93 Å². The second-order valence-electron chi connectivity index (χ2n) is 4.91. The van der Waals surface area contributed by atoms with E-state index in [0.29, 0.717) is 5.56 Å². The highest BCUT2D eigenvalue weighted by molar-refractivity contribution is 7.83. The van der Waals surface area contributed by atoms with E-state index in [0.717, 1.165) is 6.07 Å². The number of alkyl halides is 3. The van der Waals surface area contributed by atoms with Gasteiger partial charge >= 0.3 is 6.18 Å². The molecule has 7 heteroatoms. The Balaban J connectivity index is 0.00000191. The van der Waals surface area contributed by atoms with E-state index in [1.165, 1.54) is 19.1 Å². The molecular weight excluding hydrogens is 303 g/mol. The number of halogens is 3. The molecule has 0 saturated carbocycles. The molecule has 1 atom stereocenters. The maximum absolute atomic E-state index is 12.9. The second-order valence-corrected chi connectivity index (χ2v) is 6.09. The van der Waals surface area contributed by atoms with Crippen molar-refractivity contribution in [1.29, 1.82) is 0 Å². The van der Waals surface area contributed by atoms with Crippen molar-refractivity contribution < 1.29 is 22.5 Å². The zero-order valence-electron chi connectivity index (χ0n) is 12.8. The van der Waals surface area contributed by atoms with Crippen LogP contribution in [0.2, 0.25) is 0 Å². The molecule has 3 nitrogen and oxygen atoms in total. The minimum atomic E-state index is -4.57. The monoisotopic (exact) mass is 325 g/mol. The zero-order chi connectivity index (χ0) is 16.8. The molecular formula is C14H22F3NO2S. The highest BCUT2D eigenvalue weighted by Gasteiger charge is 2.35. The molecule has 0 fully saturated rings. The van der Waals surface area contributed by atoms with Crippen LogP contribution in [0.1, 0.15) is 38.8 Å². The average Bonchev–Trinajstić information content (AvgIpc) is 2.39. The van der Waals surface area contributed by atoms with Crippen molar-refractivity contribution in [2.24, 2.45) is 0 Å². The van der Waals surface area contributed by atoms with Crippen LogP contribution in [0.15, 0.2) is 23.1 Å². The molecule has 1 unspecified atom stereocenters. The van der Waals surface area contributed by atoms with Gasteiger partial charge in [-0.05, 0) is 32.9 Å². The summed E-state index contributed by atoms with van der Waals surface area (Å²) >= 11 is 0. The van der Waals surface area contributed by atoms with Gasteiger partial charge in [-0.15, -0.1) is 0 Å². The molecule has 122 valence electrons. The molecule has 2 N–H and O–H groups in total. The summed E-state index contributed by atoms with van der Waals surface area (Å²) in [6, 6.07) is 3.62. The van der Waals surface area contributed by atoms with Gasteiger partial charge in [0.2, 0.25) is 0 Å². The van der Waals surface area contributed by atoms with Crippen LogP contribution in [0.25, 0.3) is 0 Å². The summed E-state index contributed by atoms with van der Waals surface area (Å²) in [6.45, 7) is 8.29. The van der Waals surface area contributed by atoms with E-state index in [-0.39, 0.29) is 11.5 Å². The Labute approximate surface area is 126 Å². The molecule has 0 aliphatic heterocycles. The van der Waals surface area contributed by atoms with Crippen molar-refractivity contribution in [2.45, 2.75) is 51.2 Å². The molecule has 0 bridgehead atoms. The second kappa shape index (κ2) is 7.91. The minimum absolute atomic E-state index is 0.334. The summed E-state index contributed by atoms with van der Waals surface area (Å²) in [6.07, 6.45) is -4.57. The van der Waals surface area contributed by atoms with E-state index >= 15 is 0 Å². The van der Waals surface area contributed by atoms with Gasteiger partial charge in [-0.3, -0.25) is 0 Å². The van der Waals surface area contributed by atoms with Crippen molar-refractivity contribution in [3.63, 3.8) is 0 Å². The van der Waals surface area contributed by atoms with Crippen molar-refractivity contribution in [2.75, 3.05) is 6.61 Å². The number of hydrogen-bond acceptors (Lipinski definition) is 2. The van der Waals surface area contributed by atoms with E-state index in [2.05, 4.69) is 4.72 Å². The molecule has 1 aromatic rings. The van der Waals surface area contributed by atoms with Gasteiger partial charge in [0.1, 0.15) is 11.0 Å². The first-order chi connectivity index (χ1) is 9.57. The first-order valence-electron chi connectivity index (χ1n) is 6.55. The third-order valence-electron chi connectivity index (χ3n) is 2.40. The van der Waals surface area contributed by atoms with Crippen LogP contribution in [0.3, 0.4) is 0 Å². The third kappa shape index (κ3) is 6.15. The van der Waals surface area contributed by atoms with E-state index < -0.39 is 28.3 Å². The maximum Gasteiger partial charge on any atom is 0.417 e. The van der Waals surface area contributed by atoms with Crippen LogP contribution in [0.4, 0.5) is 13.2 Å². The Hall–Kier alpha value is -0.920. The van der Waals surface area contributed by atoms with E-state index in [1.807, 2.05) is 13.8 Å². The lowest BCUT2D eigenvalue weighted by atomic mass is 10.1. The lowest BCUT2D eigenvalue weighted by molar-refractivity contribution is -0.139. The molecule has 0 radical (unpaired) electrons. The number of aliphatic hydroxyl groups is 1. The summed E-state index contributed by atoms with van der Waals surface area (Å²) in [4.78, 5) is -0.334. The molecule has 21 heavy (non-hydrogen) atoms. The third-order valence-corrected chi connectivity index (χ3v) is 3.90. The summed E-state index contributed by atoms with van der Waals surface area (Å²) in [7, 11) is -2.05. The smallest absolute Gasteiger partial charge is 0.394 e. The SMILES string of the molecule is CC.Cc1ccc(S(=O)NC(C)(C)CO)c(C(F)(F)F)c1. The Morgan fingerprint density at radius 2 is 1.76 bits per heavy atom. The zero-order valence-corrected chi connectivity index (χ0v) is 13.7. The number of aliphatic hydroxyl groups excluding tert-OH is 1. The largest absolute Gasteiger partial charge is 0.417 e. The van der Waals surface area contributed by atoms with E-state index in [1.54, 1.807) is 13.8 Å². The fraction of sp³-hybridized carbons (Fsp3) is 0.571. The van der Waals surface area contributed by atoms with Crippen LogP contribution in [-0.2, 0) is 17.2 Å². The van der Waals surface area contributed by atoms with Gasteiger partial charge in [-0.1, -0.05) is 25.5 Å². The quantitative estimate of drug-likeness (QED) is 0.891. The fourth-order valence-electron chi connectivity index (χ4n) is 1.37. The first kappa shape index (κ1) is 20.1. The van der Waals surface area contributed by atoms with Gasteiger partial charge < -0.3 is 5.11 Å². The van der Waals surface area contributed by atoms with Gasteiger partial charge in [0.25, 0.3) is 0 Å². The summed E-state index contributed by atoms with van der Waals surface area (Å²) < 4.78 is 53.1. The number of hydrogen-bond donors (Lipinski definition) is 2. The topological polar surface area (TPSA) is 49.3 Å². The van der Waals surface area contributed by atoms with Crippen molar-refractivity contribution in [3.05, 3.63) is 29.3 Å². The van der Waals surface area contributed by atoms with Crippen LogP contribution >= 0.6 is 0 Å². The minimum Gasteiger partial charge on any atom is -0.394 e. The number of nitrogens with one attached hydrogen (secondary N) is 1. The first-order valence-corrected chi connectivity index (χ1v) is 7.70. The molecule has 1 aromatic carbocycles. The van der Waals surface area contributed by atoms with E-state index in [9.17, 15) is 17.4 Å². The maximum atomic E-state index is 12.9. The number of aryl methyl sites for hydroxylation is 1. The Morgan fingerprint density at radius 1 is 1.24 bits per heavy atom. The van der Waals surface area contributed by atoms with E-state index in [4.69, 9.17) is 5.11 Å². The molecule has 0 aliphatic carbocycles. The lowest BCUT2D eigenvalue weighted by Gasteiger charge is -2.23. The van der Waals surface area contributed by atoms with Gasteiger partial charge in [0.15, 0.2) is 0 Å². The van der Waals surface area contributed by atoms with Gasteiger partial charge in [0.05, 0.1) is 17.1 Å². The van der Waals surface area contributed by atoms with Gasteiger partial charge in [0, 0.05) is 5.54 Å². The fourth-order valence-corrected chi connectivity index (χ4v) is 2.61. The number of rotatable bonds is 4. The molecule has 0 heterocycles. The molecule has 1 rings (SSSR count). The summed E-state index contributed by atoms with van der Waals surface area (Å²) in [5.74, 6) is 0. The van der Waals surface area contributed by atoms with Crippen molar-refractivity contribution in [1.82, 2.24) is 4.72 Å². The van der Waals surface area contributed by atoms with Crippen molar-refractivity contribution in [3.8, 4) is 0 Å². The Bertz CT molecular complexity index is 488. The van der Waals surface area contributed by atoms with Crippen LogP contribution in [0, 0.1) is 6.92 Å². The standard InChI is InChI=1S/C12H16F3NO2S.C2H6/c1-8-4-5-10(9(6-8)12(13,14)15)19(18)16-11(2,3)7-17;1-2/h4-6,16-17H,7H2,1-3H3;1-2H3. The average molecular weight is 325 g/mol. The molecule has 0 amide bonds. The summed E-state index contributed by atoms with van der Waals surface area (Å²) in [5, 5.41) is 9.04. The normalized spacial score (nSPS) is 13.4. The highest BCUT2D eigenvalue weighted by Crippen LogP contribution is 2.34. The van der Waals surface area contributed by atoms with Gasteiger partial charge in [-0.2, -0.15) is 13.2 Å². The van der Waals surface area contributed by atoms with Crippen LogP contribution in [-0.4, -0.2) is 21.5 Å². The molecule has 0 saturated heterocycles. The Morgan fingerprint density at radius 3 is 2.19 bits per heavy atom. The molecule has 0 aliphatic rings.